The number of fused-ring (bicyclic) bond motifs is 1. The zero-order valence-corrected chi connectivity index (χ0v) is 16.5. The second-order valence-corrected chi connectivity index (χ2v) is 7.89. The maximum Gasteiger partial charge on any atom is 0.248 e. The van der Waals surface area contributed by atoms with E-state index in [9.17, 15) is 4.79 Å². The molecule has 1 amide bonds. The van der Waals surface area contributed by atoms with Gasteiger partial charge in [-0.3, -0.25) is 4.79 Å². The quantitative estimate of drug-likeness (QED) is 0.656. The molecule has 0 saturated heterocycles. The summed E-state index contributed by atoms with van der Waals surface area (Å²) in [5.74, 6) is 0.366. The molecule has 4 nitrogen and oxygen atoms in total. The number of carbonyl (C=O) groups excluding carboxylic acids is 1. The normalized spacial score (nSPS) is 14.8. The molecule has 1 unspecified atom stereocenters. The highest BCUT2D eigenvalue weighted by molar-refractivity contribution is 5.97. The molecule has 1 aliphatic rings. The lowest BCUT2D eigenvalue weighted by molar-refractivity contribution is 0.1000. The zero-order valence-electron chi connectivity index (χ0n) is 16.5. The number of nitrogens with zero attached hydrogens (tertiary/aromatic N) is 1. The van der Waals surface area contributed by atoms with Crippen molar-refractivity contribution < 1.29 is 4.79 Å². The van der Waals surface area contributed by atoms with Gasteiger partial charge in [0.15, 0.2) is 0 Å². The van der Waals surface area contributed by atoms with E-state index in [2.05, 4.69) is 66.8 Å². The lowest BCUT2D eigenvalue weighted by Gasteiger charge is -2.24. The van der Waals surface area contributed by atoms with E-state index >= 15 is 0 Å². The third-order valence-corrected chi connectivity index (χ3v) is 5.54. The van der Waals surface area contributed by atoms with Crippen molar-refractivity contribution in [3.8, 4) is 0 Å². The number of anilines is 1. The van der Waals surface area contributed by atoms with Crippen LogP contribution in [0.15, 0.2) is 60.7 Å². The van der Waals surface area contributed by atoms with Gasteiger partial charge in [-0.25, -0.2) is 0 Å². The maximum atomic E-state index is 11.7. The van der Waals surface area contributed by atoms with Crippen LogP contribution in [0.4, 0.5) is 5.69 Å². The molecule has 0 radical (unpaired) electrons. The highest BCUT2D eigenvalue weighted by Gasteiger charge is 2.25. The minimum absolute atomic E-state index is 0.0148. The monoisotopic (exact) mass is 373 g/mol. The number of nitrogens with one attached hydrogen (secondary N) is 1. The first-order valence-corrected chi connectivity index (χ1v) is 9.86. The fraction of sp³-hybridized carbons (Fsp3) is 0.292. The van der Waals surface area contributed by atoms with Crippen molar-refractivity contribution in [2.24, 2.45) is 11.7 Å². The number of rotatable bonds is 7. The molecule has 4 rings (SSSR count). The van der Waals surface area contributed by atoms with Crippen LogP contribution in [0.1, 0.15) is 40.4 Å². The van der Waals surface area contributed by atoms with Gasteiger partial charge in [-0.05, 0) is 60.0 Å². The summed E-state index contributed by atoms with van der Waals surface area (Å²) in [4.78, 5) is 13.9. The average Bonchev–Trinajstić information content (AvgIpc) is 3.52. The van der Waals surface area contributed by atoms with Crippen molar-refractivity contribution in [1.82, 2.24) is 5.32 Å². The summed E-state index contributed by atoms with van der Waals surface area (Å²) in [6.45, 7) is 0.981. The molecule has 28 heavy (non-hydrogen) atoms. The summed E-state index contributed by atoms with van der Waals surface area (Å²) >= 11 is 0. The van der Waals surface area contributed by atoms with Crippen LogP contribution in [-0.4, -0.2) is 26.5 Å². The third-order valence-electron chi connectivity index (χ3n) is 5.54. The number of amides is 1. The molecule has 144 valence electrons. The third kappa shape index (κ3) is 3.73. The molecule has 0 bridgehead atoms. The summed E-state index contributed by atoms with van der Waals surface area (Å²) in [6.07, 6.45) is 2.59. The lowest BCUT2D eigenvalue weighted by Crippen LogP contribution is -2.25. The Morgan fingerprint density at radius 1 is 1.07 bits per heavy atom. The SMILES string of the molecule is CN(C)c1ccc(C(NCC2CC2)c2cccc(C(N)=O)c2)c2ccccc12. The predicted molar refractivity (Wildman–Crippen MR) is 116 cm³/mol. The van der Waals surface area contributed by atoms with Crippen LogP contribution in [0.5, 0.6) is 0 Å². The van der Waals surface area contributed by atoms with Gasteiger partial charge in [0, 0.05) is 30.7 Å². The van der Waals surface area contributed by atoms with Gasteiger partial charge in [0.05, 0.1) is 6.04 Å². The number of carbonyl (C=O) groups is 1. The molecule has 0 aliphatic heterocycles. The average molecular weight is 374 g/mol. The lowest BCUT2D eigenvalue weighted by atomic mass is 9.91. The number of primary amides is 1. The van der Waals surface area contributed by atoms with Gasteiger partial charge in [-0.1, -0.05) is 42.5 Å². The number of nitrogens with two attached hydrogens (primary N) is 1. The van der Waals surface area contributed by atoms with E-state index in [0.29, 0.717) is 5.56 Å². The molecule has 4 heteroatoms. The van der Waals surface area contributed by atoms with Gasteiger partial charge in [0.1, 0.15) is 0 Å². The number of hydrogen-bond acceptors (Lipinski definition) is 3. The number of hydrogen-bond donors (Lipinski definition) is 2. The van der Waals surface area contributed by atoms with E-state index in [1.54, 1.807) is 6.07 Å². The Hall–Kier alpha value is -2.85. The molecule has 3 aromatic carbocycles. The Morgan fingerprint density at radius 2 is 1.82 bits per heavy atom. The Kier molecular flexibility index (Phi) is 5.05. The highest BCUT2D eigenvalue weighted by atomic mass is 16.1. The summed E-state index contributed by atoms with van der Waals surface area (Å²) in [5.41, 5.74) is 9.57. The molecule has 1 saturated carbocycles. The molecular formula is C24H27N3O. The maximum absolute atomic E-state index is 11.7. The fourth-order valence-electron chi connectivity index (χ4n) is 3.83. The molecule has 1 atom stereocenters. The van der Waals surface area contributed by atoms with Gasteiger partial charge in [0.25, 0.3) is 0 Å². The molecule has 3 aromatic rings. The first kappa shape index (κ1) is 18.5. The van der Waals surface area contributed by atoms with Crippen molar-refractivity contribution in [1.29, 1.82) is 0 Å². The van der Waals surface area contributed by atoms with Crippen molar-refractivity contribution in [2.75, 3.05) is 25.5 Å². The first-order chi connectivity index (χ1) is 13.5. The van der Waals surface area contributed by atoms with Crippen LogP contribution in [0.25, 0.3) is 10.8 Å². The van der Waals surface area contributed by atoms with E-state index in [0.717, 1.165) is 18.0 Å². The minimum atomic E-state index is -0.393. The Morgan fingerprint density at radius 3 is 2.50 bits per heavy atom. The topological polar surface area (TPSA) is 58.4 Å². The minimum Gasteiger partial charge on any atom is -0.377 e. The van der Waals surface area contributed by atoms with Crippen LogP contribution >= 0.6 is 0 Å². The van der Waals surface area contributed by atoms with Gasteiger partial charge < -0.3 is 16.0 Å². The van der Waals surface area contributed by atoms with Crippen molar-refractivity contribution in [3.05, 3.63) is 77.4 Å². The summed E-state index contributed by atoms with van der Waals surface area (Å²) < 4.78 is 0. The smallest absolute Gasteiger partial charge is 0.248 e. The second kappa shape index (κ2) is 7.64. The van der Waals surface area contributed by atoms with Crippen LogP contribution in [0.3, 0.4) is 0 Å². The van der Waals surface area contributed by atoms with E-state index < -0.39 is 5.91 Å². The number of benzene rings is 3. The molecular weight excluding hydrogens is 346 g/mol. The fourth-order valence-corrected chi connectivity index (χ4v) is 3.83. The molecule has 0 spiro atoms. The van der Waals surface area contributed by atoms with Crippen LogP contribution < -0.4 is 16.0 Å². The molecule has 0 aromatic heterocycles. The Labute approximate surface area is 166 Å². The Balaban J connectivity index is 1.84. The highest BCUT2D eigenvalue weighted by Crippen LogP contribution is 2.35. The van der Waals surface area contributed by atoms with Crippen molar-refractivity contribution >= 4 is 22.4 Å². The molecule has 1 aliphatic carbocycles. The molecule has 0 heterocycles. The van der Waals surface area contributed by atoms with Gasteiger partial charge >= 0.3 is 0 Å². The standard InChI is InChI=1S/C24H27N3O/c1-27(2)22-13-12-21(19-8-3-4-9-20(19)22)23(26-15-16-10-11-16)17-6-5-7-18(14-17)24(25)28/h3-9,12-14,16,23,26H,10-11,15H2,1-2H3,(H2,25,28). The molecule has 1 fully saturated rings. The van der Waals surface area contributed by atoms with Crippen LogP contribution in [0, 0.1) is 5.92 Å². The second-order valence-electron chi connectivity index (χ2n) is 7.89. The molecule has 3 N–H and O–H groups in total. The predicted octanol–water partition coefficient (Wildman–Crippen LogP) is 4.09. The summed E-state index contributed by atoms with van der Waals surface area (Å²) in [6, 6.07) is 20.6. The summed E-state index contributed by atoms with van der Waals surface area (Å²) in [7, 11) is 4.14. The van der Waals surface area contributed by atoms with Crippen LogP contribution in [0.2, 0.25) is 0 Å². The first-order valence-electron chi connectivity index (χ1n) is 9.86. The van der Waals surface area contributed by atoms with Crippen LogP contribution in [-0.2, 0) is 0 Å². The van der Waals surface area contributed by atoms with E-state index in [1.807, 2.05) is 12.1 Å². The van der Waals surface area contributed by atoms with Crippen molar-refractivity contribution in [3.63, 3.8) is 0 Å². The van der Waals surface area contributed by atoms with Gasteiger partial charge in [0.2, 0.25) is 5.91 Å². The largest absolute Gasteiger partial charge is 0.377 e. The van der Waals surface area contributed by atoms with Crippen molar-refractivity contribution in [2.45, 2.75) is 18.9 Å². The Bertz CT molecular complexity index is 1010. The van der Waals surface area contributed by atoms with Gasteiger partial charge in [-0.15, -0.1) is 0 Å². The van der Waals surface area contributed by atoms with E-state index in [4.69, 9.17) is 5.73 Å². The van der Waals surface area contributed by atoms with E-state index in [-0.39, 0.29) is 6.04 Å². The van der Waals surface area contributed by atoms with E-state index in [1.165, 1.54) is 34.9 Å². The summed E-state index contributed by atoms with van der Waals surface area (Å²) in [5, 5.41) is 6.21. The zero-order chi connectivity index (χ0) is 19.7. The van der Waals surface area contributed by atoms with Gasteiger partial charge in [-0.2, -0.15) is 0 Å².